The molecule has 3 N–H and O–H groups in total. The number of carbonyl (C=O) groups excluding carboxylic acids is 1. The lowest BCUT2D eigenvalue weighted by atomic mass is 9.96. The zero-order valence-electron chi connectivity index (χ0n) is 7.18. The Balaban J connectivity index is 3.70. The molecule has 0 heterocycles. The predicted octanol–water partition coefficient (Wildman–Crippen LogP) is 1.32. The minimum absolute atomic E-state index is 0.0962. The molecule has 0 saturated heterocycles. The summed E-state index contributed by atoms with van der Waals surface area (Å²) in [5.41, 5.74) is 5.17. The highest BCUT2D eigenvalue weighted by Crippen LogP contribution is 2.11. The third-order valence-corrected chi connectivity index (χ3v) is 1.83. The van der Waals surface area contributed by atoms with Crippen LogP contribution in [0.25, 0.3) is 0 Å². The zero-order chi connectivity index (χ0) is 8.85. The van der Waals surface area contributed by atoms with E-state index in [1.54, 1.807) is 6.92 Å². The van der Waals surface area contributed by atoms with Crippen LogP contribution in [0.1, 0.15) is 33.1 Å². The van der Waals surface area contributed by atoms with Gasteiger partial charge in [0, 0.05) is 12.3 Å². The maximum atomic E-state index is 10.9. The van der Waals surface area contributed by atoms with Crippen molar-refractivity contribution in [3.05, 3.63) is 0 Å². The Labute approximate surface area is 67.5 Å². The average molecular weight is 156 g/mol. The topological polar surface area (TPSA) is 66.9 Å². The number of amidine groups is 1. The third-order valence-electron chi connectivity index (χ3n) is 1.83. The van der Waals surface area contributed by atoms with Crippen molar-refractivity contribution in [3.63, 3.8) is 0 Å². The van der Waals surface area contributed by atoms with Crippen molar-refractivity contribution in [3.8, 4) is 0 Å². The minimum atomic E-state index is 0.0962. The van der Waals surface area contributed by atoms with Crippen LogP contribution in [0.15, 0.2) is 0 Å². The smallest absolute Gasteiger partial charge is 0.132 e. The molecule has 0 aromatic rings. The highest BCUT2D eigenvalue weighted by Gasteiger charge is 2.10. The Kier molecular flexibility index (Phi) is 4.50. The standard InChI is InChI=1S/C8H16N2O/c1-3-7(6(2)11)4-5-8(9)10/h7H,3-5H2,1-2H3,(H3,9,10). The third kappa shape index (κ3) is 4.53. The molecule has 0 fully saturated rings. The SMILES string of the molecule is CCC(CCC(=N)N)C(C)=O. The van der Waals surface area contributed by atoms with Crippen LogP contribution in [0.4, 0.5) is 0 Å². The summed E-state index contributed by atoms with van der Waals surface area (Å²) in [6.07, 6.45) is 2.11. The number of nitrogens with one attached hydrogen (secondary N) is 1. The van der Waals surface area contributed by atoms with Crippen LogP contribution in [-0.4, -0.2) is 11.6 Å². The first-order valence-electron chi connectivity index (χ1n) is 3.91. The Morgan fingerprint density at radius 3 is 2.45 bits per heavy atom. The summed E-state index contributed by atoms with van der Waals surface area (Å²) >= 11 is 0. The fourth-order valence-electron chi connectivity index (χ4n) is 1.02. The molecule has 0 saturated carbocycles. The monoisotopic (exact) mass is 156 g/mol. The van der Waals surface area contributed by atoms with E-state index in [0.717, 1.165) is 12.8 Å². The van der Waals surface area contributed by atoms with Crippen molar-refractivity contribution in [1.29, 1.82) is 5.41 Å². The van der Waals surface area contributed by atoms with Crippen LogP contribution in [0.3, 0.4) is 0 Å². The Hall–Kier alpha value is -0.860. The molecule has 0 rings (SSSR count). The van der Waals surface area contributed by atoms with E-state index in [2.05, 4.69) is 0 Å². The van der Waals surface area contributed by atoms with E-state index in [0.29, 0.717) is 6.42 Å². The average Bonchev–Trinajstić information content (AvgIpc) is 1.87. The number of hydrogen-bond donors (Lipinski definition) is 2. The van der Waals surface area contributed by atoms with Gasteiger partial charge in [0.2, 0.25) is 0 Å². The number of nitrogens with two attached hydrogens (primary N) is 1. The molecule has 0 aliphatic carbocycles. The van der Waals surface area contributed by atoms with E-state index in [1.807, 2.05) is 6.92 Å². The van der Waals surface area contributed by atoms with Crippen LogP contribution in [0.2, 0.25) is 0 Å². The van der Waals surface area contributed by atoms with Crippen molar-refractivity contribution in [1.82, 2.24) is 0 Å². The summed E-state index contributed by atoms with van der Waals surface area (Å²) in [5, 5.41) is 6.97. The first kappa shape index (κ1) is 10.1. The van der Waals surface area contributed by atoms with Gasteiger partial charge in [0.15, 0.2) is 0 Å². The largest absolute Gasteiger partial charge is 0.388 e. The molecule has 0 bridgehead atoms. The van der Waals surface area contributed by atoms with Gasteiger partial charge in [-0.25, -0.2) is 0 Å². The number of ketones is 1. The number of carbonyl (C=O) groups is 1. The second kappa shape index (κ2) is 4.88. The van der Waals surface area contributed by atoms with Crippen molar-refractivity contribution in [2.24, 2.45) is 11.7 Å². The molecule has 0 aromatic heterocycles. The summed E-state index contributed by atoms with van der Waals surface area (Å²) in [4.78, 5) is 10.9. The van der Waals surface area contributed by atoms with E-state index >= 15 is 0 Å². The molecule has 0 spiro atoms. The van der Waals surface area contributed by atoms with Gasteiger partial charge >= 0.3 is 0 Å². The number of hydrogen-bond acceptors (Lipinski definition) is 2. The molecule has 0 aliphatic heterocycles. The lowest BCUT2D eigenvalue weighted by Gasteiger charge is -2.09. The minimum Gasteiger partial charge on any atom is -0.388 e. The highest BCUT2D eigenvalue weighted by atomic mass is 16.1. The summed E-state index contributed by atoms with van der Waals surface area (Å²) < 4.78 is 0. The molecule has 0 aromatic carbocycles. The van der Waals surface area contributed by atoms with E-state index in [9.17, 15) is 4.79 Å². The van der Waals surface area contributed by atoms with Crippen molar-refractivity contribution in [2.75, 3.05) is 0 Å². The van der Waals surface area contributed by atoms with Gasteiger partial charge < -0.3 is 5.73 Å². The number of Topliss-reactive ketones (excluding diaryl/α,β-unsaturated/α-hetero) is 1. The molecule has 64 valence electrons. The van der Waals surface area contributed by atoms with Crippen molar-refractivity contribution < 1.29 is 4.79 Å². The fourth-order valence-corrected chi connectivity index (χ4v) is 1.02. The molecular formula is C8H16N2O. The van der Waals surface area contributed by atoms with Crippen LogP contribution in [0, 0.1) is 11.3 Å². The summed E-state index contributed by atoms with van der Waals surface area (Å²) in [6.45, 7) is 3.57. The molecule has 3 nitrogen and oxygen atoms in total. The summed E-state index contributed by atoms with van der Waals surface area (Å²) in [5.74, 6) is 0.470. The fraction of sp³-hybridized carbons (Fsp3) is 0.750. The van der Waals surface area contributed by atoms with Gasteiger partial charge in [-0.05, 0) is 19.8 Å². The van der Waals surface area contributed by atoms with Crippen LogP contribution in [0.5, 0.6) is 0 Å². The summed E-state index contributed by atoms with van der Waals surface area (Å²) in [6, 6.07) is 0. The van der Waals surface area contributed by atoms with Gasteiger partial charge in [-0.1, -0.05) is 6.92 Å². The van der Waals surface area contributed by atoms with Crippen LogP contribution in [-0.2, 0) is 4.79 Å². The molecule has 3 heteroatoms. The number of rotatable bonds is 5. The first-order valence-corrected chi connectivity index (χ1v) is 3.91. The first-order chi connectivity index (χ1) is 5.07. The Bertz CT molecular complexity index is 154. The molecule has 1 atom stereocenters. The second-order valence-corrected chi connectivity index (χ2v) is 2.78. The Morgan fingerprint density at radius 1 is 1.64 bits per heavy atom. The zero-order valence-corrected chi connectivity index (χ0v) is 7.18. The molecule has 0 radical (unpaired) electrons. The highest BCUT2D eigenvalue weighted by molar-refractivity contribution is 5.80. The Morgan fingerprint density at radius 2 is 2.18 bits per heavy atom. The van der Waals surface area contributed by atoms with E-state index in [4.69, 9.17) is 11.1 Å². The van der Waals surface area contributed by atoms with E-state index in [1.165, 1.54) is 0 Å². The molecule has 0 aliphatic rings. The normalized spacial score (nSPS) is 12.5. The maximum absolute atomic E-state index is 10.9. The van der Waals surface area contributed by atoms with E-state index < -0.39 is 0 Å². The molecular weight excluding hydrogens is 140 g/mol. The van der Waals surface area contributed by atoms with Crippen LogP contribution < -0.4 is 5.73 Å². The van der Waals surface area contributed by atoms with Crippen LogP contribution >= 0.6 is 0 Å². The quantitative estimate of drug-likeness (QED) is 0.465. The van der Waals surface area contributed by atoms with Gasteiger partial charge in [0.1, 0.15) is 5.78 Å². The molecule has 11 heavy (non-hydrogen) atoms. The molecule has 1 unspecified atom stereocenters. The predicted molar refractivity (Wildman–Crippen MR) is 45.6 cm³/mol. The van der Waals surface area contributed by atoms with Crippen molar-refractivity contribution >= 4 is 11.6 Å². The lowest BCUT2D eigenvalue weighted by Crippen LogP contribution is -2.15. The molecule has 0 amide bonds. The van der Waals surface area contributed by atoms with Gasteiger partial charge in [0.25, 0.3) is 0 Å². The lowest BCUT2D eigenvalue weighted by molar-refractivity contribution is -0.120. The second-order valence-electron chi connectivity index (χ2n) is 2.78. The maximum Gasteiger partial charge on any atom is 0.132 e. The van der Waals surface area contributed by atoms with E-state index in [-0.39, 0.29) is 17.5 Å². The van der Waals surface area contributed by atoms with Gasteiger partial charge in [-0.2, -0.15) is 0 Å². The summed E-state index contributed by atoms with van der Waals surface area (Å²) in [7, 11) is 0. The van der Waals surface area contributed by atoms with Gasteiger partial charge in [0.05, 0.1) is 5.84 Å². The van der Waals surface area contributed by atoms with Gasteiger partial charge in [-0.3, -0.25) is 10.2 Å². The van der Waals surface area contributed by atoms with Crippen molar-refractivity contribution in [2.45, 2.75) is 33.1 Å². The van der Waals surface area contributed by atoms with Gasteiger partial charge in [-0.15, -0.1) is 0 Å².